The maximum absolute atomic E-state index is 13.1. The van der Waals surface area contributed by atoms with Crippen molar-refractivity contribution < 1.29 is 13.5 Å². The molecule has 3 aromatic rings. The molecule has 1 unspecified atom stereocenters. The van der Waals surface area contributed by atoms with Crippen molar-refractivity contribution in [1.29, 1.82) is 0 Å². The molecule has 0 bridgehead atoms. The van der Waals surface area contributed by atoms with Gasteiger partial charge >= 0.3 is 0 Å². The molecule has 1 aliphatic rings. The lowest BCUT2D eigenvalue weighted by Crippen LogP contribution is -2.42. The zero-order valence-corrected chi connectivity index (χ0v) is 20.9. The Morgan fingerprint density at radius 2 is 1.97 bits per heavy atom. The maximum Gasteiger partial charge on any atom is 0.219 e. The van der Waals surface area contributed by atoms with Gasteiger partial charge in [0, 0.05) is 32.4 Å². The van der Waals surface area contributed by atoms with E-state index < -0.39 is 0 Å². The predicted octanol–water partition coefficient (Wildman–Crippen LogP) is 4.73. The number of likely N-dealkylation sites (tertiary alicyclic amines) is 1. The van der Waals surface area contributed by atoms with E-state index in [1.165, 1.54) is 25.0 Å². The van der Waals surface area contributed by atoms with Crippen LogP contribution < -0.4 is 15.4 Å². The molecule has 4 rings (SSSR count). The second kappa shape index (κ2) is 12.5. The highest BCUT2D eigenvalue weighted by molar-refractivity contribution is 14.0. The molecule has 33 heavy (non-hydrogen) atoms. The second-order valence-electron chi connectivity index (χ2n) is 7.64. The zero-order valence-electron chi connectivity index (χ0n) is 18.5. The third-order valence-corrected chi connectivity index (χ3v) is 5.43. The van der Waals surface area contributed by atoms with Crippen LogP contribution in [-0.4, -0.2) is 42.5 Å². The number of guanidine groups is 1. The first-order valence-electron chi connectivity index (χ1n) is 10.8. The minimum Gasteiger partial charge on any atom is -0.468 e. The maximum atomic E-state index is 13.1. The number of nitrogens with one attached hydrogen (secondary N) is 2. The van der Waals surface area contributed by atoms with Gasteiger partial charge in [0.25, 0.3) is 0 Å². The van der Waals surface area contributed by atoms with Gasteiger partial charge in [0.05, 0.1) is 12.3 Å². The molecule has 2 N–H and O–H groups in total. The number of furan rings is 1. The zero-order chi connectivity index (χ0) is 22.2. The number of pyridine rings is 1. The Morgan fingerprint density at radius 1 is 1.18 bits per heavy atom. The first-order valence-corrected chi connectivity index (χ1v) is 10.8. The summed E-state index contributed by atoms with van der Waals surface area (Å²) in [7, 11) is 1.75. The van der Waals surface area contributed by atoms with Crippen molar-refractivity contribution in [1.82, 2.24) is 20.5 Å². The van der Waals surface area contributed by atoms with Crippen molar-refractivity contribution in [3.05, 3.63) is 78.1 Å². The van der Waals surface area contributed by atoms with Crippen LogP contribution in [0.15, 0.2) is 70.4 Å². The van der Waals surface area contributed by atoms with Gasteiger partial charge in [-0.2, -0.15) is 0 Å². The topological polar surface area (TPSA) is 74.9 Å². The summed E-state index contributed by atoms with van der Waals surface area (Å²) in [4.78, 5) is 11.0. The quantitative estimate of drug-likeness (QED) is 0.234. The lowest BCUT2D eigenvalue weighted by atomic mass is 10.2. The molecular weight excluding hydrogens is 536 g/mol. The fourth-order valence-corrected chi connectivity index (χ4v) is 3.78. The Balaban J connectivity index is 0.00000306. The van der Waals surface area contributed by atoms with Crippen molar-refractivity contribution in [2.24, 2.45) is 4.99 Å². The van der Waals surface area contributed by atoms with Gasteiger partial charge in [0.2, 0.25) is 5.88 Å². The van der Waals surface area contributed by atoms with E-state index in [0.717, 1.165) is 24.4 Å². The van der Waals surface area contributed by atoms with Crippen LogP contribution >= 0.6 is 24.0 Å². The number of hydrogen-bond donors (Lipinski definition) is 2. The molecule has 0 amide bonds. The van der Waals surface area contributed by atoms with E-state index in [1.807, 2.05) is 24.3 Å². The summed E-state index contributed by atoms with van der Waals surface area (Å²) in [6.07, 6.45) is 5.84. The van der Waals surface area contributed by atoms with Crippen molar-refractivity contribution in [2.45, 2.75) is 25.4 Å². The standard InChI is InChI=1S/C24H28FN5O2.HI/c1-26-24(29-17-21(22-5-4-14-31-22)30-12-2-3-13-30)28-16-18-10-11-27-23(15-18)32-20-8-6-19(25)7-9-20;/h4-11,14-15,21H,2-3,12-13,16-17H2,1H3,(H2,26,28,29);1H. The molecule has 1 fully saturated rings. The number of rotatable bonds is 8. The molecule has 1 atom stereocenters. The van der Waals surface area contributed by atoms with E-state index >= 15 is 0 Å². The Labute approximate surface area is 210 Å². The molecular formula is C24H29FIN5O2. The smallest absolute Gasteiger partial charge is 0.219 e. The van der Waals surface area contributed by atoms with E-state index in [4.69, 9.17) is 9.15 Å². The Kier molecular flexibility index (Phi) is 9.49. The largest absolute Gasteiger partial charge is 0.468 e. The van der Waals surface area contributed by atoms with Crippen molar-refractivity contribution >= 4 is 29.9 Å². The summed E-state index contributed by atoms with van der Waals surface area (Å²) < 4.78 is 24.5. The van der Waals surface area contributed by atoms with Crippen molar-refractivity contribution in [3.8, 4) is 11.6 Å². The minimum atomic E-state index is -0.304. The van der Waals surface area contributed by atoms with E-state index in [-0.39, 0.29) is 35.8 Å². The molecule has 0 saturated carbocycles. The molecule has 1 saturated heterocycles. The van der Waals surface area contributed by atoms with Crippen LogP contribution in [0.2, 0.25) is 0 Å². The highest BCUT2D eigenvalue weighted by Gasteiger charge is 2.25. The van der Waals surface area contributed by atoms with Crippen LogP contribution in [0.3, 0.4) is 0 Å². The van der Waals surface area contributed by atoms with Gasteiger partial charge in [0.15, 0.2) is 5.96 Å². The molecule has 3 heterocycles. The molecule has 2 aromatic heterocycles. The van der Waals surface area contributed by atoms with Gasteiger partial charge < -0.3 is 19.8 Å². The van der Waals surface area contributed by atoms with Gasteiger partial charge in [-0.05, 0) is 74.0 Å². The van der Waals surface area contributed by atoms with Crippen LogP contribution in [0, 0.1) is 5.82 Å². The highest BCUT2D eigenvalue weighted by Crippen LogP contribution is 2.25. The van der Waals surface area contributed by atoms with Gasteiger partial charge in [-0.1, -0.05) is 0 Å². The molecule has 0 aliphatic carbocycles. The average molecular weight is 565 g/mol. The monoisotopic (exact) mass is 565 g/mol. The van der Waals surface area contributed by atoms with Crippen LogP contribution in [-0.2, 0) is 6.54 Å². The van der Waals surface area contributed by atoms with E-state index in [2.05, 4.69) is 25.5 Å². The summed E-state index contributed by atoms with van der Waals surface area (Å²) in [5.74, 6) is 2.35. The third-order valence-electron chi connectivity index (χ3n) is 5.43. The number of aliphatic imine (C=N–C) groups is 1. The highest BCUT2D eigenvalue weighted by atomic mass is 127. The lowest BCUT2D eigenvalue weighted by molar-refractivity contribution is 0.215. The fourth-order valence-electron chi connectivity index (χ4n) is 3.78. The Morgan fingerprint density at radius 3 is 2.67 bits per heavy atom. The molecule has 7 nitrogen and oxygen atoms in total. The molecule has 176 valence electrons. The summed E-state index contributed by atoms with van der Waals surface area (Å²) in [5, 5.41) is 6.75. The van der Waals surface area contributed by atoms with Crippen LogP contribution in [0.4, 0.5) is 4.39 Å². The number of aromatic nitrogens is 1. The van der Waals surface area contributed by atoms with Gasteiger partial charge in [-0.3, -0.25) is 9.89 Å². The van der Waals surface area contributed by atoms with Crippen LogP contribution in [0.1, 0.15) is 30.2 Å². The van der Waals surface area contributed by atoms with E-state index in [1.54, 1.807) is 31.6 Å². The molecule has 9 heteroatoms. The SMILES string of the molecule is CN=C(NCc1ccnc(Oc2ccc(F)cc2)c1)NCC(c1ccco1)N1CCCC1.I. The van der Waals surface area contributed by atoms with Crippen molar-refractivity contribution in [2.75, 3.05) is 26.7 Å². The lowest BCUT2D eigenvalue weighted by Gasteiger charge is -2.26. The van der Waals surface area contributed by atoms with E-state index in [0.29, 0.717) is 30.7 Å². The summed E-state index contributed by atoms with van der Waals surface area (Å²) in [5.41, 5.74) is 0.988. The second-order valence-corrected chi connectivity index (χ2v) is 7.64. The van der Waals surface area contributed by atoms with Crippen LogP contribution in [0.25, 0.3) is 0 Å². The third kappa shape index (κ3) is 7.16. The number of benzene rings is 1. The van der Waals surface area contributed by atoms with Crippen molar-refractivity contribution in [3.63, 3.8) is 0 Å². The van der Waals surface area contributed by atoms with Gasteiger partial charge in [0.1, 0.15) is 17.3 Å². The summed E-state index contributed by atoms with van der Waals surface area (Å²) in [6.45, 7) is 3.40. The minimum absolute atomic E-state index is 0. The Bertz CT molecular complexity index is 1010. The molecule has 1 aliphatic heterocycles. The summed E-state index contributed by atoms with van der Waals surface area (Å²) in [6, 6.07) is 13.7. The van der Waals surface area contributed by atoms with E-state index in [9.17, 15) is 4.39 Å². The number of ether oxygens (including phenoxy) is 1. The molecule has 1 aromatic carbocycles. The fraction of sp³-hybridized carbons (Fsp3) is 0.333. The average Bonchev–Trinajstić information content (AvgIpc) is 3.53. The number of halogens is 2. The first-order chi connectivity index (χ1) is 15.7. The predicted molar refractivity (Wildman–Crippen MR) is 137 cm³/mol. The van der Waals surface area contributed by atoms with Gasteiger partial charge in [-0.25, -0.2) is 9.37 Å². The van der Waals surface area contributed by atoms with Crippen LogP contribution in [0.5, 0.6) is 11.6 Å². The Hall–Kier alpha value is -2.66. The normalized spacial score (nSPS) is 15.0. The summed E-state index contributed by atoms with van der Waals surface area (Å²) >= 11 is 0. The van der Waals surface area contributed by atoms with Gasteiger partial charge in [-0.15, -0.1) is 24.0 Å². The molecule has 0 radical (unpaired) electrons. The molecule has 0 spiro atoms. The number of nitrogens with zero attached hydrogens (tertiary/aromatic N) is 3. The number of hydrogen-bond acceptors (Lipinski definition) is 5. The first kappa shape index (κ1) is 25.0.